The van der Waals surface area contributed by atoms with E-state index in [2.05, 4.69) is 19.9 Å². The standard InChI is InChI=1S/C17H12FN5OS/c18-12-1-2-14-15(7-12)25-17(22-14)23(9-13-8-20-10-21-13)16(24)11-3-5-19-6-4-11/h1-8,10H,9H2,(H,20,21). The summed E-state index contributed by atoms with van der Waals surface area (Å²) in [4.78, 5) is 29.9. The number of fused-ring (bicyclic) bond motifs is 1. The van der Waals surface area contributed by atoms with Gasteiger partial charge in [0.2, 0.25) is 0 Å². The zero-order valence-corrected chi connectivity index (χ0v) is 13.7. The first-order valence-electron chi connectivity index (χ1n) is 7.46. The van der Waals surface area contributed by atoms with Gasteiger partial charge in [-0.3, -0.25) is 14.7 Å². The minimum absolute atomic E-state index is 0.212. The van der Waals surface area contributed by atoms with Gasteiger partial charge in [0.1, 0.15) is 5.82 Å². The lowest BCUT2D eigenvalue weighted by Crippen LogP contribution is -2.30. The van der Waals surface area contributed by atoms with E-state index in [1.165, 1.54) is 23.5 Å². The van der Waals surface area contributed by atoms with E-state index in [1.54, 1.807) is 48.0 Å². The Morgan fingerprint density at radius 3 is 2.80 bits per heavy atom. The molecule has 0 saturated heterocycles. The Labute approximate surface area is 146 Å². The number of carbonyl (C=O) groups excluding carboxylic acids is 1. The van der Waals surface area contributed by atoms with Gasteiger partial charge in [0.25, 0.3) is 5.91 Å². The van der Waals surface area contributed by atoms with Gasteiger partial charge in [-0.05, 0) is 30.3 Å². The Balaban J connectivity index is 1.77. The Bertz CT molecular complexity index is 1020. The average Bonchev–Trinajstić information content (AvgIpc) is 3.28. The molecule has 0 aliphatic heterocycles. The van der Waals surface area contributed by atoms with Gasteiger partial charge < -0.3 is 4.98 Å². The number of imidazole rings is 1. The lowest BCUT2D eigenvalue weighted by molar-refractivity contribution is 0.0984. The number of H-pyrrole nitrogens is 1. The molecule has 0 fully saturated rings. The molecule has 0 radical (unpaired) electrons. The highest BCUT2D eigenvalue weighted by Crippen LogP contribution is 2.31. The lowest BCUT2D eigenvalue weighted by Gasteiger charge is -2.19. The summed E-state index contributed by atoms with van der Waals surface area (Å²) < 4.78 is 14.1. The number of nitrogens with one attached hydrogen (secondary N) is 1. The Kier molecular flexibility index (Phi) is 3.95. The molecular weight excluding hydrogens is 341 g/mol. The summed E-state index contributed by atoms with van der Waals surface area (Å²) in [6.07, 6.45) is 6.34. The number of pyridine rings is 1. The fourth-order valence-corrected chi connectivity index (χ4v) is 3.41. The third-order valence-corrected chi connectivity index (χ3v) is 4.67. The van der Waals surface area contributed by atoms with Crippen LogP contribution in [0.3, 0.4) is 0 Å². The molecule has 3 aromatic heterocycles. The summed E-state index contributed by atoms with van der Waals surface area (Å²) in [7, 11) is 0. The number of rotatable bonds is 4. The van der Waals surface area contributed by atoms with Crippen LogP contribution in [-0.4, -0.2) is 25.8 Å². The molecule has 0 aliphatic rings. The molecule has 0 bridgehead atoms. The number of thiazole rings is 1. The van der Waals surface area contributed by atoms with Crippen LogP contribution in [-0.2, 0) is 6.54 Å². The zero-order valence-electron chi connectivity index (χ0n) is 12.9. The molecule has 0 atom stereocenters. The second-order valence-electron chi connectivity index (χ2n) is 5.31. The zero-order chi connectivity index (χ0) is 17.2. The molecule has 124 valence electrons. The van der Waals surface area contributed by atoms with Gasteiger partial charge in [-0.25, -0.2) is 14.4 Å². The van der Waals surface area contributed by atoms with Crippen LogP contribution in [0.1, 0.15) is 16.1 Å². The van der Waals surface area contributed by atoms with Crippen LogP contribution >= 0.6 is 11.3 Å². The number of hydrogen-bond acceptors (Lipinski definition) is 5. The highest BCUT2D eigenvalue weighted by atomic mass is 32.1. The molecule has 8 heteroatoms. The normalized spacial score (nSPS) is 10.9. The molecule has 1 N–H and O–H groups in total. The molecular formula is C17H12FN5OS. The quantitative estimate of drug-likeness (QED) is 0.610. The minimum Gasteiger partial charge on any atom is -0.347 e. The van der Waals surface area contributed by atoms with Gasteiger partial charge in [-0.2, -0.15) is 0 Å². The molecule has 3 heterocycles. The molecule has 0 saturated carbocycles. The molecule has 0 aliphatic carbocycles. The van der Waals surface area contributed by atoms with Crippen molar-refractivity contribution in [3.05, 3.63) is 72.3 Å². The van der Waals surface area contributed by atoms with E-state index in [1.807, 2.05) is 0 Å². The number of aromatic amines is 1. The number of amides is 1. The average molecular weight is 353 g/mol. The number of nitrogens with zero attached hydrogens (tertiary/aromatic N) is 4. The predicted octanol–water partition coefficient (Wildman–Crippen LogP) is 3.40. The largest absolute Gasteiger partial charge is 0.347 e. The third-order valence-electron chi connectivity index (χ3n) is 3.63. The SMILES string of the molecule is O=C(c1ccncc1)N(Cc1cnc[nH]1)c1nc2ccc(F)cc2s1. The molecule has 25 heavy (non-hydrogen) atoms. The van der Waals surface area contributed by atoms with Crippen LogP contribution in [0.15, 0.2) is 55.2 Å². The van der Waals surface area contributed by atoms with Crippen molar-refractivity contribution < 1.29 is 9.18 Å². The van der Waals surface area contributed by atoms with Crippen molar-refractivity contribution in [2.75, 3.05) is 4.90 Å². The fourth-order valence-electron chi connectivity index (χ4n) is 2.42. The van der Waals surface area contributed by atoms with Crippen molar-refractivity contribution >= 4 is 32.6 Å². The number of aromatic nitrogens is 4. The van der Waals surface area contributed by atoms with Crippen molar-refractivity contribution in [3.8, 4) is 0 Å². The van der Waals surface area contributed by atoms with E-state index in [0.717, 1.165) is 5.69 Å². The minimum atomic E-state index is -0.330. The number of carbonyl (C=O) groups is 1. The highest BCUT2D eigenvalue weighted by molar-refractivity contribution is 7.22. The van der Waals surface area contributed by atoms with Crippen LogP contribution in [0, 0.1) is 5.82 Å². The summed E-state index contributed by atoms with van der Waals surface area (Å²) in [5.74, 6) is -0.542. The number of hydrogen-bond donors (Lipinski definition) is 1. The van der Waals surface area contributed by atoms with Crippen LogP contribution in [0.25, 0.3) is 10.2 Å². The first-order chi connectivity index (χ1) is 12.2. The van der Waals surface area contributed by atoms with Crippen LogP contribution in [0.5, 0.6) is 0 Å². The molecule has 4 aromatic rings. The molecule has 6 nitrogen and oxygen atoms in total. The van der Waals surface area contributed by atoms with Crippen LogP contribution in [0.4, 0.5) is 9.52 Å². The summed E-state index contributed by atoms with van der Waals surface area (Å²) in [5.41, 5.74) is 1.92. The van der Waals surface area contributed by atoms with E-state index in [-0.39, 0.29) is 18.3 Å². The van der Waals surface area contributed by atoms with E-state index < -0.39 is 0 Å². The molecule has 1 aromatic carbocycles. The van der Waals surface area contributed by atoms with Crippen molar-refractivity contribution in [2.24, 2.45) is 0 Å². The van der Waals surface area contributed by atoms with Crippen molar-refractivity contribution in [1.29, 1.82) is 0 Å². The maximum atomic E-state index is 13.5. The maximum Gasteiger partial charge on any atom is 0.260 e. The number of halogens is 1. The first kappa shape index (κ1) is 15.4. The van der Waals surface area contributed by atoms with Crippen molar-refractivity contribution in [2.45, 2.75) is 6.54 Å². The van der Waals surface area contributed by atoms with Gasteiger partial charge in [0.05, 0.1) is 28.8 Å². The third kappa shape index (κ3) is 3.11. The topological polar surface area (TPSA) is 74.8 Å². The smallest absolute Gasteiger partial charge is 0.260 e. The second-order valence-corrected chi connectivity index (χ2v) is 6.32. The first-order valence-corrected chi connectivity index (χ1v) is 8.27. The van der Waals surface area contributed by atoms with Gasteiger partial charge in [-0.1, -0.05) is 11.3 Å². The molecule has 0 spiro atoms. The summed E-state index contributed by atoms with van der Waals surface area (Å²) in [5, 5.41) is 0.497. The van der Waals surface area contributed by atoms with Gasteiger partial charge >= 0.3 is 0 Å². The van der Waals surface area contributed by atoms with Crippen LogP contribution < -0.4 is 4.90 Å². The summed E-state index contributed by atoms with van der Waals surface area (Å²) in [6, 6.07) is 7.68. The number of benzene rings is 1. The Morgan fingerprint density at radius 2 is 2.04 bits per heavy atom. The molecule has 4 rings (SSSR count). The lowest BCUT2D eigenvalue weighted by atomic mass is 10.2. The fraction of sp³-hybridized carbons (Fsp3) is 0.0588. The highest BCUT2D eigenvalue weighted by Gasteiger charge is 2.22. The molecule has 0 unspecified atom stereocenters. The summed E-state index contributed by atoms with van der Waals surface area (Å²) in [6.45, 7) is 0.281. The van der Waals surface area contributed by atoms with E-state index in [0.29, 0.717) is 20.9 Å². The van der Waals surface area contributed by atoms with E-state index >= 15 is 0 Å². The van der Waals surface area contributed by atoms with Gasteiger partial charge in [-0.15, -0.1) is 0 Å². The van der Waals surface area contributed by atoms with Gasteiger partial charge in [0, 0.05) is 24.2 Å². The Morgan fingerprint density at radius 1 is 1.20 bits per heavy atom. The van der Waals surface area contributed by atoms with Gasteiger partial charge in [0.15, 0.2) is 5.13 Å². The Hall–Kier alpha value is -3.13. The van der Waals surface area contributed by atoms with Crippen LogP contribution in [0.2, 0.25) is 0 Å². The summed E-state index contributed by atoms with van der Waals surface area (Å²) >= 11 is 1.27. The monoisotopic (exact) mass is 353 g/mol. The van der Waals surface area contributed by atoms with E-state index in [9.17, 15) is 9.18 Å². The maximum absolute atomic E-state index is 13.5. The van der Waals surface area contributed by atoms with Crippen molar-refractivity contribution in [1.82, 2.24) is 19.9 Å². The predicted molar refractivity (Wildman–Crippen MR) is 92.9 cm³/mol. The number of anilines is 1. The van der Waals surface area contributed by atoms with Crippen molar-refractivity contribution in [3.63, 3.8) is 0 Å². The van der Waals surface area contributed by atoms with E-state index in [4.69, 9.17) is 0 Å². The molecule has 1 amide bonds. The second kappa shape index (κ2) is 6.40.